The summed E-state index contributed by atoms with van der Waals surface area (Å²) in [6, 6.07) is 19.3. The van der Waals surface area contributed by atoms with Gasteiger partial charge in [-0.3, -0.25) is 4.79 Å². The van der Waals surface area contributed by atoms with Crippen LogP contribution in [0.3, 0.4) is 0 Å². The Morgan fingerprint density at radius 2 is 1.74 bits per heavy atom. The van der Waals surface area contributed by atoms with Crippen LogP contribution in [0.1, 0.15) is 31.7 Å². The van der Waals surface area contributed by atoms with Crippen LogP contribution in [0.15, 0.2) is 66.7 Å². The van der Waals surface area contributed by atoms with Gasteiger partial charge < -0.3 is 19.5 Å². The standard InChI is InChI=1S/C29H32FNO4/c1-2-34-24-12-9-21(10-13-24)7-8-22-15-17-31(18-16-22)29(33)20-35-28-6-4-3-5-26(28)25-14-11-23(30)19-27(25)32/h3-6,9-14,19,22,32H,2,7-8,15-18,20H2,1H3. The fraction of sp³-hybridized carbons (Fsp3) is 0.345. The second-order valence-corrected chi connectivity index (χ2v) is 8.89. The fourth-order valence-electron chi connectivity index (χ4n) is 4.54. The van der Waals surface area contributed by atoms with E-state index in [2.05, 4.69) is 12.1 Å². The molecule has 0 bridgehead atoms. The van der Waals surface area contributed by atoms with E-state index in [1.807, 2.05) is 30.0 Å². The number of phenols is 1. The molecule has 0 radical (unpaired) electrons. The lowest BCUT2D eigenvalue weighted by Gasteiger charge is -2.32. The highest BCUT2D eigenvalue weighted by molar-refractivity contribution is 5.79. The summed E-state index contributed by atoms with van der Waals surface area (Å²) in [5, 5.41) is 10.1. The molecule has 0 spiro atoms. The monoisotopic (exact) mass is 477 g/mol. The summed E-state index contributed by atoms with van der Waals surface area (Å²) in [4.78, 5) is 14.7. The van der Waals surface area contributed by atoms with Gasteiger partial charge in [-0.25, -0.2) is 4.39 Å². The zero-order chi connectivity index (χ0) is 24.6. The summed E-state index contributed by atoms with van der Waals surface area (Å²) in [6.07, 6.45) is 4.12. The molecule has 1 heterocycles. The van der Waals surface area contributed by atoms with E-state index in [-0.39, 0.29) is 18.3 Å². The molecule has 1 aliphatic heterocycles. The summed E-state index contributed by atoms with van der Waals surface area (Å²) in [5.41, 5.74) is 2.39. The predicted octanol–water partition coefficient (Wildman–Crippen LogP) is 5.85. The molecule has 0 aromatic heterocycles. The van der Waals surface area contributed by atoms with Gasteiger partial charge in [-0.15, -0.1) is 0 Å². The lowest BCUT2D eigenvalue weighted by atomic mass is 9.90. The molecule has 4 rings (SSSR count). The van der Waals surface area contributed by atoms with E-state index in [0.29, 0.717) is 29.4 Å². The lowest BCUT2D eigenvalue weighted by molar-refractivity contribution is -0.134. The second-order valence-electron chi connectivity index (χ2n) is 8.89. The van der Waals surface area contributed by atoms with E-state index in [9.17, 15) is 14.3 Å². The molecule has 5 nitrogen and oxygen atoms in total. The summed E-state index contributed by atoms with van der Waals surface area (Å²) < 4.78 is 24.7. The van der Waals surface area contributed by atoms with Gasteiger partial charge in [-0.1, -0.05) is 30.3 Å². The summed E-state index contributed by atoms with van der Waals surface area (Å²) in [7, 11) is 0. The third-order valence-electron chi connectivity index (χ3n) is 6.53. The van der Waals surface area contributed by atoms with Crippen LogP contribution in [0, 0.1) is 11.7 Å². The first-order valence-corrected chi connectivity index (χ1v) is 12.2. The summed E-state index contributed by atoms with van der Waals surface area (Å²) >= 11 is 0. The minimum absolute atomic E-state index is 0.0481. The Bertz CT molecular complexity index is 1120. The SMILES string of the molecule is CCOc1ccc(CCC2CCN(C(=O)COc3ccccc3-c3ccc(F)cc3O)CC2)cc1. The number of hydrogen-bond acceptors (Lipinski definition) is 4. The van der Waals surface area contributed by atoms with E-state index in [1.165, 1.54) is 17.7 Å². The number of para-hydroxylation sites is 1. The van der Waals surface area contributed by atoms with Gasteiger partial charge in [-0.2, -0.15) is 0 Å². The van der Waals surface area contributed by atoms with Crippen LogP contribution in [0.4, 0.5) is 4.39 Å². The molecule has 184 valence electrons. The number of aryl methyl sites for hydroxylation is 1. The number of halogens is 1. The molecule has 1 aliphatic rings. The first-order valence-electron chi connectivity index (χ1n) is 12.2. The highest BCUT2D eigenvalue weighted by atomic mass is 19.1. The van der Waals surface area contributed by atoms with E-state index < -0.39 is 5.82 Å². The molecular weight excluding hydrogens is 445 g/mol. The van der Waals surface area contributed by atoms with Crippen molar-refractivity contribution < 1.29 is 23.8 Å². The molecule has 0 saturated carbocycles. The Kier molecular flexibility index (Phi) is 8.24. The Hall–Kier alpha value is -3.54. The van der Waals surface area contributed by atoms with Crippen LogP contribution in [0.2, 0.25) is 0 Å². The number of nitrogens with zero attached hydrogens (tertiary/aromatic N) is 1. The third-order valence-corrected chi connectivity index (χ3v) is 6.53. The van der Waals surface area contributed by atoms with E-state index in [0.717, 1.165) is 50.6 Å². The largest absolute Gasteiger partial charge is 0.507 e. The van der Waals surface area contributed by atoms with Gasteiger partial charge in [0.15, 0.2) is 6.61 Å². The van der Waals surface area contributed by atoms with Gasteiger partial charge in [-0.05, 0) is 74.4 Å². The molecule has 1 saturated heterocycles. The van der Waals surface area contributed by atoms with Gasteiger partial charge in [0.05, 0.1) is 6.61 Å². The number of amides is 1. The van der Waals surface area contributed by atoms with Crippen LogP contribution < -0.4 is 9.47 Å². The number of ether oxygens (including phenoxy) is 2. The third kappa shape index (κ3) is 6.53. The fourth-order valence-corrected chi connectivity index (χ4v) is 4.54. The van der Waals surface area contributed by atoms with Crippen molar-refractivity contribution in [3.63, 3.8) is 0 Å². The van der Waals surface area contributed by atoms with E-state index in [1.54, 1.807) is 18.2 Å². The molecule has 1 N–H and O–H groups in total. The number of aromatic hydroxyl groups is 1. The van der Waals surface area contributed by atoms with Crippen LogP contribution >= 0.6 is 0 Å². The number of piperidine rings is 1. The number of likely N-dealkylation sites (tertiary alicyclic amines) is 1. The number of rotatable bonds is 9. The summed E-state index contributed by atoms with van der Waals surface area (Å²) in [5.74, 6) is 1.26. The van der Waals surface area contributed by atoms with Crippen molar-refractivity contribution in [1.29, 1.82) is 0 Å². The van der Waals surface area contributed by atoms with Crippen LogP contribution in [0.25, 0.3) is 11.1 Å². The normalized spacial score (nSPS) is 14.1. The van der Waals surface area contributed by atoms with Gasteiger partial charge >= 0.3 is 0 Å². The van der Waals surface area contributed by atoms with Gasteiger partial charge in [0.25, 0.3) is 5.91 Å². The minimum Gasteiger partial charge on any atom is -0.507 e. The smallest absolute Gasteiger partial charge is 0.260 e. The molecule has 0 unspecified atom stereocenters. The molecule has 0 atom stereocenters. The van der Waals surface area contributed by atoms with Crippen molar-refractivity contribution in [2.75, 3.05) is 26.3 Å². The van der Waals surface area contributed by atoms with Crippen LogP contribution in [-0.2, 0) is 11.2 Å². The molecule has 1 fully saturated rings. The average molecular weight is 478 g/mol. The lowest BCUT2D eigenvalue weighted by Crippen LogP contribution is -2.41. The van der Waals surface area contributed by atoms with Gasteiger partial charge in [0, 0.05) is 30.3 Å². The van der Waals surface area contributed by atoms with Crippen molar-refractivity contribution in [3.8, 4) is 28.4 Å². The molecular formula is C29H32FNO4. The quantitative estimate of drug-likeness (QED) is 0.420. The Balaban J connectivity index is 1.25. The van der Waals surface area contributed by atoms with Crippen LogP contribution in [-0.4, -0.2) is 42.2 Å². The van der Waals surface area contributed by atoms with E-state index >= 15 is 0 Å². The zero-order valence-electron chi connectivity index (χ0n) is 20.1. The molecule has 3 aromatic carbocycles. The molecule has 3 aromatic rings. The Labute approximate surface area is 206 Å². The first kappa shape index (κ1) is 24.6. The zero-order valence-corrected chi connectivity index (χ0v) is 20.1. The van der Waals surface area contributed by atoms with Crippen molar-refractivity contribution in [2.24, 2.45) is 5.92 Å². The molecule has 0 aliphatic carbocycles. The average Bonchev–Trinajstić information content (AvgIpc) is 2.88. The Morgan fingerprint density at radius 1 is 1.00 bits per heavy atom. The van der Waals surface area contributed by atoms with Crippen molar-refractivity contribution >= 4 is 5.91 Å². The minimum atomic E-state index is -0.511. The number of benzene rings is 3. The maximum Gasteiger partial charge on any atom is 0.260 e. The van der Waals surface area contributed by atoms with Crippen LogP contribution in [0.5, 0.6) is 17.2 Å². The van der Waals surface area contributed by atoms with Crippen molar-refractivity contribution in [2.45, 2.75) is 32.6 Å². The summed E-state index contributed by atoms with van der Waals surface area (Å²) in [6.45, 7) is 4.05. The molecule has 35 heavy (non-hydrogen) atoms. The number of hydrogen-bond donors (Lipinski definition) is 1. The maximum absolute atomic E-state index is 13.4. The predicted molar refractivity (Wildman–Crippen MR) is 134 cm³/mol. The van der Waals surface area contributed by atoms with Crippen molar-refractivity contribution in [1.82, 2.24) is 4.90 Å². The molecule has 1 amide bonds. The van der Waals surface area contributed by atoms with E-state index in [4.69, 9.17) is 9.47 Å². The van der Waals surface area contributed by atoms with Gasteiger partial charge in [0.1, 0.15) is 23.1 Å². The van der Waals surface area contributed by atoms with Gasteiger partial charge in [0.2, 0.25) is 0 Å². The topological polar surface area (TPSA) is 59.0 Å². The highest BCUT2D eigenvalue weighted by Crippen LogP contribution is 2.36. The number of carbonyl (C=O) groups is 1. The number of carbonyl (C=O) groups excluding carboxylic acids is 1. The molecule has 6 heteroatoms. The maximum atomic E-state index is 13.4. The Morgan fingerprint density at radius 3 is 2.46 bits per heavy atom. The number of phenolic OH excluding ortho intramolecular Hbond substituents is 1. The second kappa shape index (κ2) is 11.7. The first-order chi connectivity index (χ1) is 17.0. The van der Waals surface area contributed by atoms with Crippen molar-refractivity contribution in [3.05, 3.63) is 78.1 Å². The highest BCUT2D eigenvalue weighted by Gasteiger charge is 2.23.